The van der Waals surface area contributed by atoms with Gasteiger partial charge in [-0.25, -0.2) is 0 Å². The lowest BCUT2D eigenvalue weighted by Crippen LogP contribution is -2.62. The third-order valence-electron chi connectivity index (χ3n) is 17.0. The van der Waals surface area contributed by atoms with Crippen LogP contribution in [0.25, 0.3) is 33.1 Å². The Kier molecular flexibility index (Phi) is 8.87. The summed E-state index contributed by atoms with van der Waals surface area (Å²) in [5, 5.41) is 2.31. The van der Waals surface area contributed by atoms with Gasteiger partial charge in [-0.2, -0.15) is 0 Å². The highest BCUT2D eigenvalue weighted by atomic mass is 16.3. The average Bonchev–Trinajstić information content (AvgIpc) is 3.66. The minimum atomic E-state index is -0.0141. The Labute approximate surface area is 399 Å². The van der Waals surface area contributed by atoms with E-state index in [9.17, 15) is 0 Å². The van der Waals surface area contributed by atoms with Gasteiger partial charge in [0.25, 0.3) is 6.71 Å². The fourth-order valence-corrected chi connectivity index (χ4v) is 12.6. The van der Waals surface area contributed by atoms with Gasteiger partial charge in [0, 0.05) is 44.9 Å². The Hall–Kier alpha value is -6.00. The second-order valence-corrected chi connectivity index (χ2v) is 24.4. The number of rotatable bonds is 3. The zero-order valence-corrected chi connectivity index (χ0v) is 41.8. The Balaban J connectivity index is 1.11. The molecule has 0 spiro atoms. The maximum absolute atomic E-state index is 6.36. The highest BCUT2D eigenvalue weighted by molar-refractivity contribution is 7.00. The Morgan fingerprint density at radius 3 is 1.69 bits per heavy atom. The highest BCUT2D eigenvalue weighted by Gasteiger charge is 2.47. The number of hydrogen-bond donors (Lipinski definition) is 0. The fourth-order valence-electron chi connectivity index (χ4n) is 12.6. The molecule has 0 radical (unpaired) electrons. The van der Waals surface area contributed by atoms with Crippen LogP contribution < -0.4 is 26.2 Å². The Morgan fingerprint density at radius 1 is 0.463 bits per heavy atom. The van der Waals surface area contributed by atoms with Gasteiger partial charge in [0.1, 0.15) is 11.2 Å². The lowest BCUT2D eigenvalue weighted by molar-refractivity contribution is 0.332. The first-order valence-corrected chi connectivity index (χ1v) is 25.0. The zero-order chi connectivity index (χ0) is 46.7. The summed E-state index contributed by atoms with van der Waals surface area (Å²) in [6.07, 6.45) is 4.72. The molecule has 2 aliphatic heterocycles. The van der Waals surface area contributed by atoms with Gasteiger partial charge in [0.2, 0.25) is 0 Å². The van der Waals surface area contributed by atoms with E-state index in [1.807, 2.05) is 6.07 Å². The molecule has 12 rings (SSSR count). The lowest BCUT2D eigenvalue weighted by Gasteiger charge is -2.48. The van der Waals surface area contributed by atoms with Crippen LogP contribution in [-0.4, -0.2) is 6.71 Å². The number of para-hydroxylation sites is 1. The SMILES string of the molecule is Cc1cc2c3c(c1)N(c1ccc(-c4ccc5c(c4)oc4ccccc45)cc1)c1cc4c(cc1B3c1cc(C(C)(C)C)ccc1N2c1ccc2c(c1)C(C)(C)CCC2(C)C)C(C)(C)CCC4(C)C. The summed E-state index contributed by atoms with van der Waals surface area (Å²) in [6.45, 7) is 29.1. The second-order valence-electron chi connectivity index (χ2n) is 24.4. The van der Waals surface area contributed by atoms with Gasteiger partial charge in [0.05, 0.1) is 0 Å². The van der Waals surface area contributed by atoms with Crippen LogP contribution in [-0.2, 0) is 27.1 Å². The molecule has 0 amide bonds. The van der Waals surface area contributed by atoms with E-state index in [4.69, 9.17) is 4.42 Å². The van der Waals surface area contributed by atoms with Crippen molar-refractivity contribution < 1.29 is 4.42 Å². The molecule has 2 aliphatic carbocycles. The number of aryl methyl sites for hydroxylation is 1. The van der Waals surface area contributed by atoms with Crippen LogP contribution in [0.15, 0.2) is 132 Å². The first kappa shape index (κ1) is 42.4. The molecule has 0 unspecified atom stereocenters. The third kappa shape index (κ3) is 6.37. The van der Waals surface area contributed by atoms with Crippen LogP contribution in [0.5, 0.6) is 0 Å². The van der Waals surface area contributed by atoms with E-state index >= 15 is 0 Å². The topological polar surface area (TPSA) is 19.6 Å². The van der Waals surface area contributed by atoms with Gasteiger partial charge in [-0.3, -0.25) is 0 Å². The summed E-state index contributed by atoms with van der Waals surface area (Å²) in [5.74, 6) is 0. The first-order valence-electron chi connectivity index (χ1n) is 25.0. The van der Waals surface area contributed by atoms with Crippen LogP contribution >= 0.6 is 0 Å². The van der Waals surface area contributed by atoms with Crippen molar-refractivity contribution in [3.8, 4) is 11.1 Å². The van der Waals surface area contributed by atoms with Crippen molar-refractivity contribution in [1.29, 1.82) is 0 Å². The fraction of sp³-hybridized carbons (Fsp3) is 0.333. The summed E-state index contributed by atoms with van der Waals surface area (Å²) in [7, 11) is 0. The van der Waals surface area contributed by atoms with E-state index in [0.717, 1.165) is 27.5 Å². The molecule has 1 aromatic heterocycles. The van der Waals surface area contributed by atoms with Crippen molar-refractivity contribution in [3.63, 3.8) is 0 Å². The Bertz CT molecular complexity index is 3370. The monoisotopic (exact) mass is 877 g/mol. The van der Waals surface area contributed by atoms with Crippen LogP contribution in [0.3, 0.4) is 0 Å². The van der Waals surface area contributed by atoms with Crippen LogP contribution in [0.2, 0.25) is 0 Å². The standard InChI is InChI=1S/C63H65BN2O/c1-38-31-54-58-55(32-38)66(43-23-25-46-47(35-43)61(7,8)28-27-60(46,5)6)52-26-20-41(59(2,3)4)34-50(52)64(58)51-36-48-49(63(11,12)30-29-62(48,9)10)37-53(51)65(54)42-21-17-39(18-22-42)40-19-24-45-44-15-13-14-16-56(44)67-57(45)33-40/h13-26,31-37H,27-30H2,1-12H3. The maximum atomic E-state index is 6.36. The molecular formula is C63H65BN2O. The molecule has 3 nitrogen and oxygen atoms in total. The molecule has 4 heteroatoms. The molecule has 0 saturated carbocycles. The first-order chi connectivity index (χ1) is 31.7. The predicted octanol–water partition coefficient (Wildman–Crippen LogP) is 15.6. The molecule has 0 fully saturated rings. The summed E-state index contributed by atoms with van der Waals surface area (Å²) in [4.78, 5) is 5.26. The highest BCUT2D eigenvalue weighted by Crippen LogP contribution is 2.52. The molecule has 7 aromatic carbocycles. The van der Waals surface area contributed by atoms with E-state index in [1.165, 1.54) is 115 Å². The van der Waals surface area contributed by atoms with E-state index < -0.39 is 0 Å². The third-order valence-corrected chi connectivity index (χ3v) is 17.0. The number of fused-ring (bicyclic) bond motifs is 9. The van der Waals surface area contributed by atoms with Crippen LogP contribution in [0.4, 0.5) is 34.1 Å². The number of nitrogens with zero attached hydrogens (tertiary/aromatic N) is 2. The number of furan rings is 1. The average molecular weight is 877 g/mol. The molecule has 8 aromatic rings. The molecule has 0 bridgehead atoms. The minimum Gasteiger partial charge on any atom is -0.456 e. The minimum absolute atomic E-state index is 0.0141. The largest absolute Gasteiger partial charge is 0.456 e. The van der Waals surface area contributed by atoms with Crippen LogP contribution in [0, 0.1) is 6.92 Å². The number of benzene rings is 7. The molecule has 0 N–H and O–H groups in total. The smallest absolute Gasteiger partial charge is 0.252 e. The van der Waals surface area contributed by atoms with E-state index in [0.29, 0.717) is 0 Å². The van der Waals surface area contributed by atoms with Gasteiger partial charge in [0.15, 0.2) is 0 Å². The van der Waals surface area contributed by atoms with Gasteiger partial charge in [-0.15, -0.1) is 0 Å². The normalized spacial score (nSPS) is 18.3. The molecule has 0 atom stereocenters. The van der Waals surface area contributed by atoms with Gasteiger partial charge in [-0.05, 0) is 187 Å². The van der Waals surface area contributed by atoms with Crippen molar-refractivity contribution in [1.82, 2.24) is 0 Å². The molecule has 3 heterocycles. The van der Waals surface area contributed by atoms with Crippen molar-refractivity contribution >= 4 is 79.2 Å². The predicted molar refractivity (Wildman–Crippen MR) is 287 cm³/mol. The van der Waals surface area contributed by atoms with Crippen LogP contribution in [0.1, 0.15) is 135 Å². The van der Waals surface area contributed by atoms with Crippen molar-refractivity contribution in [2.24, 2.45) is 0 Å². The van der Waals surface area contributed by atoms with Gasteiger partial charge >= 0.3 is 0 Å². The van der Waals surface area contributed by atoms with Gasteiger partial charge < -0.3 is 14.2 Å². The Morgan fingerprint density at radius 2 is 1.01 bits per heavy atom. The van der Waals surface area contributed by atoms with Gasteiger partial charge in [-0.1, -0.05) is 137 Å². The molecule has 336 valence electrons. The molecular weight excluding hydrogens is 812 g/mol. The van der Waals surface area contributed by atoms with Crippen molar-refractivity contribution in [2.75, 3.05) is 9.80 Å². The summed E-state index contributed by atoms with van der Waals surface area (Å²) in [5.41, 5.74) is 24.9. The lowest BCUT2D eigenvalue weighted by atomic mass is 9.33. The zero-order valence-electron chi connectivity index (χ0n) is 41.8. The maximum Gasteiger partial charge on any atom is 0.252 e. The van der Waals surface area contributed by atoms with E-state index in [2.05, 4.69) is 214 Å². The summed E-state index contributed by atoms with van der Waals surface area (Å²) >= 11 is 0. The van der Waals surface area contributed by atoms with E-state index in [1.54, 1.807) is 0 Å². The molecule has 4 aliphatic rings. The molecule has 0 saturated heterocycles. The number of anilines is 6. The summed E-state index contributed by atoms with van der Waals surface area (Å²) < 4.78 is 6.36. The van der Waals surface area contributed by atoms with E-state index in [-0.39, 0.29) is 33.8 Å². The van der Waals surface area contributed by atoms with Crippen molar-refractivity contribution in [2.45, 2.75) is 136 Å². The number of hydrogen-bond acceptors (Lipinski definition) is 3. The van der Waals surface area contributed by atoms with Crippen molar-refractivity contribution in [3.05, 3.63) is 161 Å². The second kappa shape index (κ2) is 14.0. The summed E-state index contributed by atoms with van der Waals surface area (Å²) in [6, 6.07) is 49.5. The molecule has 67 heavy (non-hydrogen) atoms. The quantitative estimate of drug-likeness (QED) is 0.165.